The van der Waals surface area contributed by atoms with Gasteiger partial charge in [0.25, 0.3) is 5.91 Å². The third-order valence-electron chi connectivity index (χ3n) is 5.18. The van der Waals surface area contributed by atoms with Gasteiger partial charge in [-0.2, -0.15) is 0 Å². The van der Waals surface area contributed by atoms with Crippen LogP contribution in [0.3, 0.4) is 0 Å². The highest BCUT2D eigenvalue weighted by atomic mass is 16.5. The number of carboxylic acids is 1. The Morgan fingerprint density at radius 3 is 2.32 bits per heavy atom. The largest absolute Gasteiger partial charge is 0.480 e. The van der Waals surface area contributed by atoms with Gasteiger partial charge < -0.3 is 20.5 Å². The number of carbonyl (C=O) groups is 3. The van der Waals surface area contributed by atoms with E-state index >= 15 is 0 Å². The molecule has 1 unspecified atom stereocenters. The number of hydrogen-bond donors (Lipinski definition) is 3. The molecular formula is C24H28N2O5. The number of rotatable bonds is 9. The molecule has 3 atom stereocenters. The molecule has 7 nitrogen and oxygen atoms in total. The van der Waals surface area contributed by atoms with E-state index < -0.39 is 36.0 Å². The molecule has 0 aliphatic carbocycles. The smallest absolute Gasteiger partial charge is 0.326 e. The van der Waals surface area contributed by atoms with Gasteiger partial charge in [0.1, 0.15) is 17.8 Å². The van der Waals surface area contributed by atoms with Gasteiger partial charge in [0.2, 0.25) is 5.91 Å². The summed E-state index contributed by atoms with van der Waals surface area (Å²) >= 11 is 0. The summed E-state index contributed by atoms with van der Waals surface area (Å²) in [7, 11) is 0. The number of amides is 2. The Morgan fingerprint density at radius 2 is 1.68 bits per heavy atom. The Labute approximate surface area is 181 Å². The molecular weight excluding hydrogens is 396 g/mol. The summed E-state index contributed by atoms with van der Waals surface area (Å²) in [5.74, 6) is -1.27. The van der Waals surface area contributed by atoms with E-state index in [4.69, 9.17) is 4.74 Å². The third-order valence-corrected chi connectivity index (χ3v) is 5.18. The number of hydrogen-bond acceptors (Lipinski definition) is 4. The standard InChI is InChI=1S/C24H28N2O5/c1-15(2)12-19(24(29)30)26-22(27)18(13-16-8-4-3-5-9-16)25-23(28)21-14-17-10-6-7-11-20(17)31-21/h3-11,15,18-19,21H,12-14H2,1-2H3,(H,25,28)(H,26,27)(H,29,30)/t18-,19-,21?/m0/s1. The molecule has 2 amide bonds. The van der Waals surface area contributed by atoms with Crippen LogP contribution in [0.25, 0.3) is 0 Å². The topological polar surface area (TPSA) is 105 Å². The minimum Gasteiger partial charge on any atom is -0.480 e. The first-order chi connectivity index (χ1) is 14.8. The van der Waals surface area contributed by atoms with E-state index in [1.165, 1.54) is 0 Å². The number of para-hydroxylation sites is 1. The van der Waals surface area contributed by atoms with Gasteiger partial charge in [-0.3, -0.25) is 9.59 Å². The first-order valence-corrected chi connectivity index (χ1v) is 10.5. The number of nitrogens with one attached hydrogen (secondary N) is 2. The number of ether oxygens (including phenoxy) is 1. The van der Waals surface area contributed by atoms with E-state index in [2.05, 4.69) is 10.6 Å². The molecule has 1 aliphatic rings. The molecule has 7 heteroatoms. The van der Waals surface area contributed by atoms with E-state index in [0.717, 1.165) is 11.1 Å². The lowest BCUT2D eigenvalue weighted by atomic mass is 10.0. The molecule has 0 saturated heterocycles. The molecule has 1 heterocycles. The minimum absolute atomic E-state index is 0.0916. The summed E-state index contributed by atoms with van der Waals surface area (Å²) in [6.07, 6.45) is 0.238. The summed E-state index contributed by atoms with van der Waals surface area (Å²) in [5, 5.41) is 14.8. The molecule has 0 radical (unpaired) electrons. The van der Waals surface area contributed by atoms with Crippen LogP contribution in [0.2, 0.25) is 0 Å². The molecule has 1 aliphatic heterocycles. The van der Waals surface area contributed by atoms with Crippen LogP contribution in [0.1, 0.15) is 31.4 Å². The van der Waals surface area contributed by atoms with Crippen LogP contribution >= 0.6 is 0 Å². The Morgan fingerprint density at radius 1 is 1.00 bits per heavy atom. The maximum absolute atomic E-state index is 13.0. The normalized spacial score (nSPS) is 16.7. The molecule has 164 valence electrons. The lowest BCUT2D eigenvalue weighted by Crippen LogP contribution is -2.54. The summed E-state index contributed by atoms with van der Waals surface area (Å²) in [6, 6.07) is 14.8. The Bertz CT molecular complexity index is 904. The van der Waals surface area contributed by atoms with Crippen molar-refractivity contribution in [3.8, 4) is 5.75 Å². The van der Waals surface area contributed by atoms with Crippen LogP contribution in [0, 0.1) is 5.92 Å². The van der Waals surface area contributed by atoms with Gasteiger partial charge >= 0.3 is 5.97 Å². The van der Waals surface area contributed by atoms with E-state index in [1.807, 2.05) is 62.4 Å². The first kappa shape index (κ1) is 22.3. The third kappa shape index (κ3) is 6.07. The second-order valence-corrected chi connectivity index (χ2v) is 8.20. The number of carboxylic acid groups (broad SMARTS) is 1. The molecule has 0 bridgehead atoms. The highest BCUT2D eigenvalue weighted by molar-refractivity contribution is 5.92. The van der Waals surface area contributed by atoms with Crippen LogP contribution < -0.4 is 15.4 Å². The predicted octanol–water partition coefficient (Wildman–Crippen LogP) is 2.33. The lowest BCUT2D eigenvalue weighted by molar-refractivity contribution is -0.142. The van der Waals surface area contributed by atoms with Gasteiger partial charge in [-0.15, -0.1) is 0 Å². The van der Waals surface area contributed by atoms with Gasteiger partial charge in [-0.1, -0.05) is 62.4 Å². The van der Waals surface area contributed by atoms with Crippen molar-refractivity contribution in [1.82, 2.24) is 10.6 Å². The Balaban J connectivity index is 1.72. The van der Waals surface area contributed by atoms with Crippen LogP contribution in [-0.2, 0) is 27.2 Å². The maximum Gasteiger partial charge on any atom is 0.326 e. The van der Waals surface area contributed by atoms with Gasteiger partial charge in [-0.05, 0) is 29.5 Å². The fourth-order valence-electron chi connectivity index (χ4n) is 3.62. The van der Waals surface area contributed by atoms with Crippen molar-refractivity contribution >= 4 is 17.8 Å². The monoisotopic (exact) mass is 424 g/mol. The molecule has 0 saturated carbocycles. The Kier molecular flexibility index (Phi) is 7.28. The van der Waals surface area contributed by atoms with Crippen LogP contribution in [-0.4, -0.2) is 41.1 Å². The van der Waals surface area contributed by atoms with E-state index in [0.29, 0.717) is 18.6 Å². The quantitative estimate of drug-likeness (QED) is 0.573. The van der Waals surface area contributed by atoms with Gasteiger partial charge in [0.15, 0.2) is 6.10 Å². The minimum atomic E-state index is -1.10. The van der Waals surface area contributed by atoms with Gasteiger partial charge in [-0.25, -0.2) is 4.79 Å². The van der Waals surface area contributed by atoms with Gasteiger partial charge in [0, 0.05) is 12.8 Å². The van der Waals surface area contributed by atoms with Crippen molar-refractivity contribution in [3.05, 3.63) is 65.7 Å². The number of carbonyl (C=O) groups excluding carboxylic acids is 2. The fraction of sp³-hybridized carbons (Fsp3) is 0.375. The van der Waals surface area contributed by atoms with Crippen LogP contribution in [0.4, 0.5) is 0 Å². The van der Waals surface area contributed by atoms with Crippen molar-refractivity contribution in [2.75, 3.05) is 0 Å². The SMILES string of the molecule is CC(C)C[C@H](NC(=O)[C@H](Cc1ccccc1)NC(=O)C1Cc2ccccc2O1)C(=O)O. The molecule has 2 aromatic carbocycles. The van der Waals surface area contributed by atoms with E-state index in [1.54, 1.807) is 6.07 Å². The highest BCUT2D eigenvalue weighted by Gasteiger charge is 2.33. The summed E-state index contributed by atoms with van der Waals surface area (Å²) < 4.78 is 5.73. The number of benzene rings is 2. The average molecular weight is 424 g/mol. The lowest BCUT2D eigenvalue weighted by Gasteiger charge is -2.23. The summed E-state index contributed by atoms with van der Waals surface area (Å²) in [6.45, 7) is 3.78. The zero-order valence-electron chi connectivity index (χ0n) is 17.7. The fourth-order valence-corrected chi connectivity index (χ4v) is 3.62. The first-order valence-electron chi connectivity index (χ1n) is 10.5. The molecule has 3 rings (SSSR count). The second kappa shape index (κ2) is 10.1. The van der Waals surface area contributed by atoms with Crippen molar-refractivity contribution in [1.29, 1.82) is 0 Å². The molecule has 0 aromatic heterocycles. The number of aliphatic carboxylic acids is 1. The van der Waals surface area contributed by atoms with E-state index in [9.17, 15) is 19.5 Å². The summed E-state index contributed by atoms with van der Waals surface area (Å²) in [5.41, 5.74) is 1.80. The zero-order chi connectivity index (χ0) is 22.4. The van der Waals surface area contributed by atoms with Crippen LogP contribution in [0.5, 0.6) is 5.75 Å². The second-order valence-electron chi connectivity index (χ2n) is 8.20. The van der Waals surface area contributed by atoms with Crippen molar-refractivity contribution < 1.29 is 24.2 Å². The van der Waals surface area contributed by atoms with Crippen molar-refractivity contribution in [2.24, 2.45) is 5.92 Å². The van der Waals surface area contributed by atoms with Crippen LogP contribution in [0.15, 0.2) is 54.6 Å². The van der Waals surface area contributed by atoms with E-state index in [-0.39, 0.29) is 12.3 Å². The summed E-state index contributed by atoms with van der Waals surface area (Å²) in [4.78, 5) is 37.5. The molecule has 0 spiro atoms. The molecule has 3 N–H and O–H groups in total. The molecule has 0 fully saturated rings. The van der Waals surface area contributed by atoms with Crippen molar-refractivity contribution in [3.63, 3.8) is 0 Å². The average Bonchev–Trinajstić information content (AvgIpc) is 3.17. The molecule has 31 heavy (non-hydrogen) atoms. The van der Waals surface area contributed by atoms with Crippen molar-refractivity contribution in [2.45, 2.75) is 51.3 Å². The number of fused-ring (bicyclic) bond motifs is 1. The van der Waals surface area contributed by atoms with Gasteiger partial charge in [0.05, 0.1) is 0 Å². The Hall–Kier alpha value is -3.35. The maximum atomic E-state index is 13.0. The molecule has 2 aromatic rings. The zero-order valence-corrected chi connectivity index (χ0v) is 17.7. The predicted molar refractivity (Wildman–Crippen MR) is 116 cm³/mol. The highest BCUT2D eigenvalue weighted by Crippen LogP contribution is 2.28.